The standard InChI is InChI=1S/2C29H25.C6H19BNSi2.2ClH.Zr/c2*1-20(2)17-21-18-23-11-8-16-28(29(23)19-21)27-14-6-5-13-26(27)25-15-7-10-22-9-3-4-12-24(22)25;1-9(2,3)8(7)10(4,5)6;;;/h2*3-16,18-20H,17H2,1-2H3;7H,1-6H3;2*1H;/q;;+1;;;+1/p-2. The maximum atomic E-state index is 9.50. The number of benzene rings is 8. The molecule has 2 atom stereocenters. The topological polar surface area (TPSA) is 3.24 Å². The van der Waals surface area contributed by atoms with Crippen LogP contribution in [-0.4, -0.2) is 25.6 Å². The molecule has 0 fully saturated rings. The Balaban J connectivity index is 1.23. The first-order chi connectivity index (χ1) is 33.8. The van der Waals surface area contributed by atoms with Crippen LogP contribution >= 0.6 is 17.0 Å². The van der Waals surface area contributed by atoms with Gasteiger partial charge in [0, 0.05) is 0 Å². The van der Waals surface area contributed by atoms with Crippen LogP contribution in [0.25, 0.3) is 78.2 Å². The molecule has 2 unspecified atom stereocenters. The Morgan fingerprint density at radius 2 is 0.732 bits per heavy atom. The summed E-state index contributed by atoms with van der Waals surface area (Å²) in [6, 6.07) is 63.2. The first-order valence-corrected chi connectivity index (χ1v) is 43.8. The molecule has 0 N–H and O–H groups in total. The van der Waals surface area contributed by atoms with Crippen molar-refractivity contribution >= 4 is 72.1 Å². The van der Waals surface area contributed by atoms with E-state index in [4.69, 9.17) is 0 Å². The molecule has 0 aromatic heterocycles. The number of rotatable bonds is 14. The summed E-state index contributed by atoms with van der Waals surface area (Å²) in [6.07, 6.45) is 7.01. The van der Waals surface area contributed by atoms with Crippen LogP contribution in [0.4, 0.5) is 0 Å². The van der Waals surface area contributed by atoms with Gasteiger partial charge in [-0.15, -0.1) is 0 Å². The van der Waals surface area contributed by atoms with Gasteiger partial charge in [0.2, 0.25) is 0 Å². The molecule has 8 aromatic carbocycles. The maximum absolute atomic E-state index is 9.50. The van der Waals surface area contributed by atoms with Crippen molar-refractivity contribution in [2.45, 2.75) is 87.1 Å². The quantitative estimate of drug-likeness (QED) is 0.0981. The molecule has 0 saturated heterocycles. The SMILES string of the molecule is CC(C)CC1=Cc2c(-c3ccccc3-c3cccc4ccccc34)cccc2[CH]1[Zr]([Cl])([Cl])([BH]N([Si](C)(C)C)[Si](C)(C)C)[CH]1C(CC(C)C)=Cc2c(-c3ccccc3-c3cccc4ccccc34)cccc21. The average molecular weight is 1080 g/mol. The fourth-order valence-corrected chi connectivity index (χ4v) is 55.2. The van der Waals surface area contributed by atoms with Crippen molar-refractivity contribution in [2.24, 2.45) is 11.8 Å². The van der Waals surface area contributed by atoms with Gasteiger partial charge < -0.3 is 0 Å². The Morgan fingerprint density at radius 1 is 0.423 bits per heavy atom. The van der Waals surface area contributed by atoms with Gasteiger partial charge >= 0.3 is 439 Å². The third kappa shape index (κ3) is 9.25. The summed E-state index contributed by atoms with van der Waals surface area (Å²) in [5.74, 6) is 0.835. The van der Waals surface area contributed by atoms with Crippen LogP contribution in [0.2, 0.25) is 39.3 Å². The minimum atomic E-state index is -5.58. The summed E-state index contributed by atoms with van der Waals surface area (Å²) in [4.78, 5) is 0.766. The number of hydrogen-bond donors (Lipinski definition) is 0. The fraction of sp³-hybridized carbons (Fsp3) is 0.250. The van der Waals surface area contributed by atoms with Crippen LogP contribution in [-0.2, 0) is 16.2 Å². The van der Waals surface area contributed by atoms with Gasteiger partial charge in [-0.1, -0.05) is 0 Å². The summed E-state index contributed by atoms with van der Waals surface area (Å²) in [5, 5.41) is 5.03. The second-order valence-corrected chi connectivity index (χ2v) is 55.7. The van der Waals surface area contributed by atoms with Crippen LogP contribution in [0, 0.1) is 11.8 Å². The average Bonchev–Trinajstić information content (AvgIpc) is 3.91. The van der Waals surface area contributed by atoms with Crippen molar-refractivity contribution < 1.29 is 16.2 Å². The Morgan fingerprint density at radius 3 is 1.11 bits per heavy atom. The van der Waals surface area contributed by atoms with E-state index >= 15 is 0 Å². The van der Waals surface area contributed by atoms with Gasteiger partial charge in [-0.3, -0.25) is 0 Å². The zero-order valence-electron chi connectivity index (χ0n) is 43.5. The second-order valence-electron chi connectivity index (χ2n) is 23.5. The van der Waals surface area contributed by atoms with E-state index in [-0.39, 0.29) is 7.25 Å². The molecule has 0 saturated carbocycles. The Labute approximate surface area is 435 Å². The fourth-order valence-electron chi connectivity index (χ4n) is 13.0. The molecule has 10 rings (SSSR count). The van der Waals surface area contributed by atoms with E-state index in [0.717, 1.165) is 17.8 Å². The zero-order valence-corrected chi connectivity index (χ0v) is 49.4. The molecule has 0 aliphatic heterocycles. The molecule has 8 aromatic rings. The second kappa shape index (κ2) is 19.2. The predicted octanol–water partition coefficient (Wildman–Crippen LogP) is 19.6. The van der Waals surface area contributed by atoms with E-state index in [0.29, 0.717) is 11.8 Å². The van der Waals surface area contributed by atoms with Gasteiger partial charge in [-0.2, -0.15) is 0 Å². The van der Waals surface area contributed by atoms with Crippen LogP contribution in [0.15, 0.2) is 181 Å². The number of halogens is 2. The van der Waals surface area contributed by atoms with Crippen molar-refractivity contribution in [2.75, 3.05) is 0 Å². The predicted molar refractivity (Wildman–Crippen MR) is 317 cm³/mol. The van der Waals surface area contributed by atoms with Crippen LogP contribution in [0.5, 0.6) is 0 Å². The van der Waals surface area contributed by atoms with Crippen LogP contribution in [0.3, 0.4) is 0 Å². The molecular weight excluding hydrogens is 1010 g/mol. The molecule has 71 heavy (non-hydrogen) atoms. The molecule has 0 spiro atoms. The Hall–Kier alpha value is -4.32. The van der Waals surface area contributed by atoms with E-state index < -0.39 is 32.6 Å². The Bertz CT molecular complexity index is 3180. The van der Waals surface area contributed by atoms with Gasteiger partial charge in [0.1, 0.15) is 0 Å². The zero-order chi connectivity index (χ0) is 50.1. The monoisotopic (exact) mass is 1080 g/mol. The molecule has 0 radical (unpaired) electrons. The van der Waals surface area contributed by atoms with Crippen molar-refractivity contribution in [1.29, 1.82) is 0 Å². The van der Waals surface area contributed by atoms with E-state index in [2.05, 4.69) is 253 Å². The molecule has 359 valence electrons. The molecular formula is C64H69BCl2NSi2Zr. The van der Waals surface area contributed by atoms with Crippen LogP contribution in [0.1, 0.15) is 70.0 Å². The van der Waals surface area contributed by atoms with Gasteiger partial charge in [0.15, 0.2) is 0 Å². The third-order valence-electron chi connectivity index (χ3n) is 15.4. The van der Waals surface area contributed by atoms with Gasteiger partial charge in [-0.05, 0) is 0 Å². The first-order valence-electron chi connectivity index (χ1n) is 26.0. The van der Waals surface area contributed by atoms with E-state index in [9.17, 15) is 17.0 Å². The van der Waals surface area contributed by atoms with E-state index in [1.165, 1.54) is 99.5 Å². The van der Waals surface area contributed by atoms with Crippen molar-refractivity contribution in [3.63, 3.8) is 0 Å². The number of hydrogen-bond acceptors (Lipinski definition) is 1. The molecule has 0 amide bonds. The normalized spacial score (nSPS) is 16.6. The number of fused-ring (bicyclic) bond motifs is 4. The molecule has 2 aliphatic carbocycles. The summed E-state index contributed by atoms with van der Waals surface area (Å²) in [6.45, 7) is 24.6. The minimum absolute atomic E-state index is 0.0878. The van der Waals surface area contributed by atoms with E-state index in [1.807, 2.05) is 0 Å². The third-order valence-corrected chi connectivity index (χ3v) is 42.6. The molecule has 2 aliphatic rings. The van der Waals surface area contributed by atoms with Gasteiger partial charge in [0.25, 0.3) is 0 Å². The van der Waals surface area contributed by atoms with Crippen molar-refractivity contribution in [3.8, 4) is 44.5 Å². The molecule has 7 heteroatoms. The van der Waals surface area contributed by atoms with Crippen LogP contribution < -0.4 is 0 Å². The summed E-state index contributed by atoms with van der Waals surface area (Å²) in [5.41, 5.74) is 18.0. The molecule has 0 heterocycles. The molecule has 0 bridgehead atoms. The summed E-state index contributed by atoms with van der Waals surface area (Å²) in [7, 11) is 15.0. The summed E-state index contributed by atoms with van der Waals surface area (Å²) >= 11 is -5.58. The van der Waals surface area contributed by atoms with Gasteiger partial charge in [0.05, 0.1) is 0 Å². The number of allylic oxidation sites excluding steroid dienone is 2. The van der Waals surface area contributed by atoms with Crippen molar-refractivity contribution in [3.05, 3.63) is 203 Å². The van der Waals surface area contributed by atoms with Gasteiger partial charge in [-0.25, -0.2) is 0 Å². The van der Waals surface area contributed by atoms with E-state index in [1.54, 1.807) is 0 Å². The first kappa shape index (κ1) is 50.2. The summed E-state index contributed by atoms with van der Waals surface area (Å²) < 4.78 is 2.78. The Kier molecular flexibility index (Phi) is 13.6. The molecule has 1 nitrogen and oxygen atoms in total. The van der Waals surface area contributed by atoms with Crippen molar-refractivity contribution in [1.82, 2.24) is 4.14 Å². The number of nitrogens with zero attached hydrogens (tertiary/aromatic N) is 1.